The van der Waals surface area contributed by atoms with Crippen molar-refractivity contribution in [3.63, 3.8) is 0 Å². The van der Waals surface area contributed by atoms with Crippen LogP contribution in [0.4, 0.5) is 0 Å². The lowest BCUT2D eigenvalue weighted by molar-refractivity contribution is -0.0305. The van der Waals surface area contributed by atoms with Gasteiger partial charge in [-0.2, -0.15) is 0 Å². The average Bonchev–Trinajstić information content (AvgIpc) is 2.83. The van der Waals surface area contributed by atoms with E-state index in [1.54, 1.807) is 20.3 Å². The lowest BCUT2D eigenvalue weighted by atomic mass is 10.0. The van der Waals surface area contributed by atoms with E-state index in [-0.39, 0.29) is 12.2 Å². The van der Waals surface area contributed by atoms with Crippen molar-refractivity contribution in [1.82, 2.24) is 0 Å². The Balaban J connectivity index is 2.21. The lowest BCUT2D eigenvalue weighted by Gasteiger charge is -2.21. The standard InChI is InChI=1S/C14H20O4/c1-9-4-7-12(18-9)14(15)11-6-5-10(16-2)8-13(11)17-3/h5-6,8-9,12,14-15H,4,7H2,1-3H3. The van der Waals surface area contributed by atoms with Crippen molar-refractivity contribution in [1.29, 1.82) is 0 Å². The van der Waals surface area contributed by atoms with Crippen LogP contribution in [-0.4, -0.2) is 31.5 Å². The summed E-state index contributed by atoms with van der Waals surface area (Å²) in [6.07, 6.45) is 1.27. The van der Waals surface area contributed by atoms with E-state index < -0.39 is 6.10 Å². The van der Waals surface area contributed by atoms with Crippen molar-refractivity contribution < 1.29 is 19.3 Å². The monoisotopic (exact) mass is 252 g/mol. The van der Waals surface area contributed by atoms with E-state index in [2.05, 4.69) is 0 Å². The van der Waals surface area contributed by atoms with Crippen molar-refractivity contribution >= 4 is 0 Å². The Labute approximate surface area is 107 Å². The molecule has 1 heterocycles. The molecule has 1 aliphatic rings. The molecule has 1 aliphatic heterocycles. The van der Waals surface area contributed by atoms with Crippen LogP contribution in [0.15, 0.2) is 18.2 Å². The van der Waals surface area contributed by atoms with Crippen molar-refractivity contribution in [2.75, 3.05) is 14.2 Å². The number of rotatable bonds is 4. The van der Waals surface area contributed by atoms with Crippen LogP contribution in [0, 0.1) is 0 Å². The van der Waals surface area contributed by atoms with Crippen LogP contribution in [-0.2, 0) is 4.74 Å². The molecule has 18 heavy (non-hydrogen) atoms. The molecule has 1 N–H and O–H groups in total. The predicted octanol–water partition coefficient (Wildman–Crippen LogP) is 2.30. The fraction of sp³-hybridized carbons (Fsp3) is 0.571. The van der Waals surface area contributed by atoms with Gasteiger partial charge in [-0.15, -0.1) is 0 Å². The quantitative estimate of drug-likeness (QED) is 0.893. The van der Waals surface area contributed by atoms with Gasteiger partial charge in [-0.05, 0) is 31.9 Å². The number of benzene rings is 1. The minimum atomic E-state index is -0.657. The maximum atomic E-state index is 10.4. The van der Waals surface area contributed by atoms with Crippen LogP contribution in [0.5, 0.6) is 11.5 Å². The predicted molar refractivity (Wildman–Crippen MR) is 68.1 cm³/mol. The number of hydrogen-bond donors (Lipinski definition) is 1. The van der Waals surface area contributed by atoms with E-state index in [9.17, 15) is 5.11 Å². The van der Waals surface area contributed by atoms with E-state index in [1.807, 2.05) is 19.1 Å². The van der Waals surface area contributed by atoms with Crippen molar-refractivity contribution in [3.05, 3.63) is 23.8 Å². The minimum Gasteiger partial charge on any atom is -0.497 e. The number of aliphatic hydroxyl groups excluding tert-OH is 1. The molecule has 3 atom stereocenters. The fourth-order valence-electron chi connectivity index (χ4n) is 2.33. The van der Waals surface area contributed by atoms with Gasteiger partial charge < -0.3 is 19.3 Å². The van der Waals surface area contributed by atoms with Gasteiger partial charge in [0, 0.05) is 11.6 Å². The zero-order valence-corrected chi connectivity index (χ0v) is 11.1. The van der Waals surface area contributed by atoms with Crippen molar-refractivity contribution in [2.24, 2.45) is 0 Å². The Hall–Kier alpha value is -1.26. The summed E-state index contributed by atoms with van der Waals surface area (Å²) in [6, 6.07) is 5.42. The molecule has 0 aliphatic carbocycles. The Morgan fingerprint density at radius 2 is 2.06 bits per heavy atom. The third-order valence-electron chi connectivity index (χ3n) is 3.38. The van der Waals surface area contributed by atoms with Gasteiger partial charge in [-0.25, -0.2) is 0 Å². The summed E-state index contributed by atoms with van der Waals surface area (Å²) in [5, 5.41) is 10.4. The molecule has 100 valence electrons. The van der Waals surface area contributed by atoms with E-state index in [0.717, 1.165) is 18.4 Å². The SMILES string of the molecule is COc1ccc(C(O)C2CCC(C)O2)c(OC)c1. The van der Waals surface area contributed by atoms with Crippen LogP contribution in [0.3, 0.4) is 0 Å². The summed E-state index contributed by atoms with van der Waals surface area (Å²) < 4.78 is 16.1. The van der Waals surface area contributed by atoms with E-state index in [4.69, 9.17) is 14.2 Å². The van der Waals surface area contributed by atoms with Gasteiger partial charge in [0.25, 0.3) is 0 Å². The number of hydrogen-bond acceptors (Lipinski definition) is 4. The highest BCUT2D eigenvalue weighted by atomic mass is 16.5. The summed E-state index contributed by atoms with van der Waals surface area (Å²) in [4.78, 5) is 0. The smallest absolute Gasteiger partial charge is 0.128 e. The maximum absolute atomic E-state index is 10.4. The van der Waals surface area contributed by atoms with Crippen LogP contribution in [0.1, 0.15) is 31.4 Å². The molecule has 3 unspecified atom stereocenters. The van der Waals surface area contributed by atoms with Gasteiger partial charge in [-0.3, -0.25) is 0 Å². The zero-order chi connectivity index (χ0) is 13.1. The lowest BCUT2D eigenvalue weighted by Crippen LogP contribution is -2.19. The molecule has 0 radical (unpaired) electrons. The van der Waals surface area contributed by atoms with Gasteiger partial charge >= 0.3 is 0 Å². The Bertz CT molecular complexity index is 405. The largest absolute Gasteiger partial charge is 0.497 e. The normalized spacial score (nSPS) is 24.9. The minimum absolute atomic E-state index is 0.151. The van der Waals surface area contributed by atoms with Gasteiger partial charge in [0.1, 0.15) is 17.6 Å². The zero-order valence-electron chi connectivity index (χ0n) is 11.1. The van der Waals surface area contributed by atoms with Crippen LogP contribution in [0.25, 0.3) is 0 Å². The Kier molecular flexibility index (Phi) is 4.09. The van der Waals surface area contributed by atoms with Gasteiger partial charge in [0.2, 0.25) is 0 Å². The first-order valence-corrected chi connectivity index (χ1v) is 6.21. The first-order valence-electron chi connectivity index (χ1n) is 6.21. The molecule has 1 fully saturated rings. The van der Waals surface area contributed by atoms with Crippen molar-refractivity contribution in [3.8, 4) is 11.5 Å². The summed E-state index contributed by atoms with van der Waals surface area (Å²) in [6.45, 7) is 2.03. The van der Waals surface area contributed by atoms with Crippen LogP contribution < -0.4 is 9.47 Å². The van der Waals surface area contributed by atoms with Crippen LogP contribution in [0.2, 0.25) is 0 Å². The molecular formula is C14H20O4. The molecule has 2 rings (SSSR count). The van der Waals surface area contributed by atoms with E-state index >= 15 is 0 Å². The number of aliphatic hydroxyl groups is 1. The maximum Gasteiger partial charge on any atom is 0.128 e. The summed E-state index contributed by atoms with van der Waals surface area (Å²) in [5.74, 6) is 1.34. The molecule has 0 amide bonds. The molecule has 1 aromatic rings. The molecule has 1 aromatic carbocycles. The van der Waals surface area contributed by atoms with Crippen LogP contribution >= 0.6 is 0 Å². The first kappa shape index (κ1) is 13.2. The molecule has 0 bridgehead atoms. The molecule has 0 aromatic heterocycles. The third kappa shape index (κ3) is 2.60. The van der Waals surface area contributed by atoms with Gasteiger partial charge in [-0.1, -0.05) is 0 Å². The second-order valence-electron chi connectivity index (χ2n) is 4.62. The molecule has 0 spiro atoms. The van der Waals surface area contributed by atoms with Crippen molar-refractivity contribution in [2.45, 2.75) is 38.1 Å². The Morgan fingerprint density at radius 3 is 2.61 bits per heavy atom. The first-order chi connectivity index (χ1) is 8.65. The Morgan fingerprint density at radius 1 is 1.28 bits per heavy atom. The summed E-state index contributed by atoms with van der Waals surface area (Å²) in [5.41, 5.74) is 0.748. The summed E-state index contributed by atoms with van der Waals surface area (Å²) >= 11 is 0. The second kappa shape index (κ2) is 5.59. The fourth-order valence-corrected chi connectivity index (χ4v) is 2.33. The number of methoxy groups -OCH3 is 2. The highest BCUT2D eigenvalue weighted by molar-refractivity contribution is 5.42. The highest BCUT2D eigenvalue weighted by Gasteiger charge is 2.31. The molecule has 1 saturated heterocycles. The molecule has 4 heteroatoms. The molecule has 4 nitrogen and oxygen atoms in total. The molecule has 0 saturated carbocycles. The second-order valence-corrected chi connectivity index (χ2v) is 4.62. The average molecular weight is 252 g/mol. The van der Waals surface area contributed by atoms with Gasteiger partial charge in [0.05, 0.1) is 26.4 Å². The highest BCUT2D eigenvalue weighted by Crippen LogP contribution is 2.36. The van der Waals surface area contributed by atoms with E-state index in [1.165, 1.54) is 0 Å². The third-order valence-corrected chi connectivity index (χ3v) is 3.38. The molecular weight excluding hydrogens is 232 g/mol. The van der Waals surface area contributed by atoms with Gasteiger partial charge in [0.15, 0.2) is 0 Å². The topological polar surface area (TPSA) is 47.9 Å². The summed E-state index contributed by atoms with van der Waals surface area (Å²) in [7, 11) is 3.19. The van der Waals surface area contributed by atoms with E-state index in [0.29, 0.717) is 11.5 Å². The number of ether oxygens (including phenoxy) is 3.